The molecule has 7 aromatic rings. The summed E-state index contributed by atoms with van der Waals surface area (Å²) in [7, 11) is 1.47. The molecule has 0 spiro atoms. The number of aliphatic hydroxyl groups excluding tert-OH is 6. The van der Waals surface area contributed by atoms with Crippen LogP contribution in [0.4, 0.5) is 5.69 Å². The van der Waals surface area contributed by atoms with Gasteiger partial charge in [0.2, 0.25) is 53.4 Å². The summed E-state index contributed by atoms with van der Waals surface area (Å²) in [4.78, 5) is 136. The number of primary amides is 1. The first-order valence-electron chi connectivity index (χ1n) is 37.0. The van der Waals surface area contributed by atoms with E-state index in [0.717, 1.165) is 66.7 Å². The number of anilines is 1. The molecule has 2 fully saturated rings. The fourth-order valence-electron chi connectivity index (χ4n) is 14.5. The number of aliphatic carboxylic acids is 1. The molecule has 2 unspecified atom stereocenters. The summed E-state index contributed by atoms with van der Waals surface area (Å²) in [6.45, 7) is 5.73. The first-order valence-corrected chi connectivity index (χ1v) is 38.5. The fraction of sp³-hybridized carbons (Fsp3) is 0.367. The number of aliphatic hydroxyl groups is 6. The Morgan fingerprint density at radius 3 is 1.94 bits per heavy atom. The third-order valence-corrected chi connectivity index (χ3v) is 21.6. The average molecular weight is 1730 g/mol. The number of halogens is 4. The Morgan fingerprint density at radius 1 is 0.689 bits per heavy atom. The molecule has 11 bridgehead atoms. The van der Waals surface area contributed by atoms with Gasteiger partial charge in [-0.15, -0.1) is 0 Å². The van der Waals surface area contributed by atoms with Crippen molar-refractivity contribution in [3.8, 4) is 57.1 Å². The molecule has 36 nitrogen and oxygen atoms in total. The molecular formula is C79H83Cl4N11O25. The van der Waals surface area contributed by atoms with E-state index < -0.39 is 248 Å². The number of carboxylic acids is 1. The molecule has 18 atom stereocenters. The van der Waals surface area contributed by atoms with Crippen LogP contribution < -0.4 is 67.8 Å². The van der Waals surface area contributed by atoms with Gasteiger partial charge in [0.1, 0.15) is 89.5 Å². The second-order valence-corrected chi connectivity index (χ2v) is 31.4. The van der Waals surface area contributed by atoms with Crippen molar-refractivity contribution in [2.24, 2.45) is 11.7 Å². The van der Waals surface area contributed by atoms with Crippen molar-refractivity contribution >= 4 is 105 Å². The van der Waals surface area contributed by atoms with Crippen LogP contribution in [-0.4, -0.2) is 202 Å². The number of amides is 8. The Bertz CT molecular complexity index is 5110. The number of pyridine rings is 1. The predicted molar refractivity (Wildman–Crippen MR) is 421 cm³/mol. The van der Waals surface area contributed by atoms with Crippen LogP contribution in [0.25, 0.3) is 11.1 Å². The number of hydrogen-bond acceptors (Lipinski definition) is 27. The SMILES string of the molecule is CN[C@H](CC(C)C)C(=O)N[C@H]1C(=O)N[C@@H](CC(N)=O)C(=O)N[C@H]2C(=O)N[C@H]3C(=O)N[C@H](C(=O)N[C@@H](C(=O)O)c4cc(O)cc(O)c4-c4cc3ccc4O)[C@H](O)c3ccc(c(Cl)c3)Oc3cc2cc(c3O[C@@H]2O[C@H](CO)[C@@H](O)[C@H](O)[C@H]2OC2C[C@](C)(NCc3cncc(NC(=O)c4cc(Cl)cc(Cl)c4)c3)[C@H](O)C(C)O2)Oc2ccc(cc2Cl)[C@H]1O. The zero-order valence-electron chi connectivity index (χ0n) is 63.5. The smallest absolute Gasteiger partial charge is 0.330 e. The number of phenols is 3. The molecule has 8 heterocycles. The van der Waals surface area contributed by atoms with Crippen LogP contribution in [0.5, 0.6) is 46.0 Å². The van der Waals surface area contributed by atoms with E-state index in [-0.39, 0.29) is 69.0 Å². The van der Waals surface area contributed by atoms with Gasteiger partial charge in [-0.1, -0.05) is 78.5 Å². The van der Waals surface area contributed by atoms with E-state index in [1.165, 1.54) is 56.7 Å². The van der Waals surface area contributed by atoms with Crippen LogP contribution in [0, 0.1) is 5.92 Å². The maximum absolute atomic E-state index is 16.2. The molecule has 7 aliphatic rings. The lowest BCUT2D eigenvalue weighted by molar-refractivity contribution is -0.334. The molecule has 119 heavy (non-hydrogen) atoms. The molecule has 2 saturated heterocycles. The number of likely N-dealkylation sites (N-methyl/N-ethyl adjacent to an activating group) is 1. The first-order chi connectivity index (χ1) is 56.4. The second-order valence-electron chi connectivity index (χ2n) is 29.7. The third-order valence-electron chi connectivity index (χ3n) is 20.6. The largest absolute Gasteiger partial charge is 0.508 e. The summed E-state index contributed by atoms with van der Waals surface area (Å²) in [6.07, 6.45) is -16.5. The molecule has 6 aromatic carbocycles. The lowest BCUT2D eigenvalue weighted by Crippen LogP contribution is -2.65. The molecular weight excluding hydrogens is 1640 g/mol. The van der Waals surface area contributed by atoms with E-state index in [0.29, 0.717) is 5.56 Å². The van der Waals surface area contributed by atoms with Gasteiger partial charge in [-0.3, -0.25) is 43.3 Å². The van der Waals surface area contributed by atoms with E-state index in [4.69, 9.17) is 80.6 Å². The topological polar surface area (TPSA) is 558 Å². The highest BCUT2D eigenvalue weighted by Crippen LogP contribution is 2.50. The highest BCUT2D eigenvalue weighted by Gasteiger charge is 2.52. The number of nitrogens with two attached hydrogens (primary N) is 1. The van der Waals surface area contributed by atoms with Gasteiger partial charge in [0.25, 0.3) is 5.91 Å². The number of rotatable bonds is 18. The van der Waals surface area contributed by atoms with Crippen LogP contribution in [-0.2, 0) is 59.1 Å². The molecule has 0 aliphatic carbocycles. The van der Waals surface area contributed by atoms with E-state index >= 15 is 14.4 Å². The molecule has 1 aromatic heterocycles. The number of hydrogen-bond donors (Lipinski definition) is 20. The molecule has 0 radical (unpaired) electrons. The van der Waals surface area contributed by atoms with Crippen LogP contribution in [0.3, 0.4) is 0 Å². The van der Waals surface area contributed by atoms with Crippen molar-refractivity contribution in [3.63, 3.8) is 0 Å². The predicted octanol–water partition coefficient (Wildman–Crippen LogP) is 3.89. The number of aromatic nitrogens is 1. The number of carbonyl (C=O) groups excluding carboxylic acids is 8. The summed E-state index contributed by atoms with van der Waals surface area (Å²) < 4.78 is 39.4. The van der Waals surface area contributed by atoms with Gasteiger partial charge in [-0.05, 0) is 140 Å². The van der Waals surface area contributed by atoms with Gasteiger partial charge in [-0.2, -0.15) is 0 Å². The second kappa shape index (κ2) is 36.4. The number of aromatic hydroxyl groups is 3. The number of ether oxygens (including phenoxy) is 6. The summed E-state index contributed by atoms with van der Waals surface area (Å²) in [6, 6.07) is 4.92. The van der Waals surface area contributed by atoms with Crippen molar-refractivity contribution < 1.29 is 123 Å². The zero-order chi connectivity index (χ0) is 86.1. The first kappa shape index (κ1) is 87.5. The van der Waals surface area contributed by atoms with E-state index in [1.807, 2.05) is 13.8 Å². The Morgan fingerprint density at radius 2 is 1.32 bits per heavy atom. The van der Waals surface area contributed by atoms with Crippen LogP contribution in [0.1, 0.15) is 121 Å². The summed E-state index contributed by atoms with van der Waals surface area (Å²) in [5.74, 6) is -16.9. The summed E-state index contributed by atoms with van der Waals surface area (Å²) >= 11 is 26.6. The number of fused-ring (bicyclic) bond motifs is 15. The van der Waals surface area contributed by atoms with Crippen LogP contribution in [0.2, 0.25) is 20.1 Å². The maximum Gasteiger partial charge on any atom is 0.330 e. The third kappa shape index (κ3) is 19.4. The van der Waals surface area contributed by atoms with Crippen molar-refractivity contribution in [2.45, 2.75) is 163 Å². The van der Waals surface area contributed by atoms with Crippen LogP contribution in [0.15, 0.2) is 116 Å². The van der Waals surface area contributed by atoms with Gasteiger partial charge in [-0.25, -0.2) is 4.79 Å². The number of nitrogens with one attached hydrogen (secondary N) is 9. The van der Waals surface area contributed by atoms with Gasteiger partial charge in [0, 0.05) is 63.1 Å². The molecule has 40 heteroatoms. The van der Waals surface area contributed by atoms with Gasteiger partial charge in [0.15, 0.2) is 29.9 Å². The molecule has 7 aliphatic heterocycles. The van der Waals surface area contributed by atoms with Crippen LogP contribution >= 0.6 is 46.4 Å². The van der Waals surface area contributed by atoms with Gasteiger partial charge in [0.05, 0.1) is 53.2 Å². The zero-order valence-corrected chi connectivity index (χ0v) is 66.6. The van der Waals surface area contributed by atoms with E-state index in [2.05, 4.69) is 52.8 Å². The minimum atomic E-state index is -2.39. The normalized spacial score (nSPS) is 26.7. The molecule has 21 N–H and O–H groups in total. The minimum absolute atomic E-state index is 0.0191. The fourth-order valence-corrected chi connectivity index (χ4v) is 15.5. The number of nitrogens with zero attached hydrogens (tertiary/aromatic N) is 1. The van der Waals surface area contributed by atoms with Crippen molar-refractivity contribution in [1.82, 2.24) is 47.5 Å². The van der Waals surface area contributed by atoms with E-state index in [9.17, 15) is 79.8 Å². The number of phenolic OH excluding ortho intramolecular Hbond substituents is 3. The highest BCUT2D eigenvalue weighted by molar-refractivity contribution is 6.35. The van der Waals surface area contributed by atoms with E-state index in [1.54, 1.807) is 13.0 Å². The average Bonchev–Trinajstić information content (AvgIpc) is 0.765. The lowest BCUT2D eigenvalue weighted by Gasteiger charge is -2.48. The highest BCUT2D eigenvalue weighted by atomic mass is 35.5. The van der Waals surface area contributed by atoms with Crippen molar-refractivity contribution in [3.05, 3.63) is 175 Å². The molecule has 14 rings (SSSR count). The minimum Gasteiger partial charge on any atom is -0.508 e. The lowest BCUT2D eigenvalue weighted by atomic mass is 9.84. The Kier molecular flexibility index (Phi) is 26.8. The standard InChI is InChI=1S/C79H83Cl4N11O25/c1-30(2)12-46(85-5)71(106)93-61-63(100)34-7-10-50(44(82)17-34)115-52-19-36-20-53(67(52)119-78-68(66(103)65(102)54(29-95)117-78)118-56-25-79(4,69(104)31(3)114-56)87-27-32-13-40(28-86-26-32)88-70(105)37-14-38(80)21-39(81)15-37)116-51-11-8-35(18-45(51)83)64(101)62-76(111)92-60(77(112)113)43-22-41(96)23-49(98)57(43)42-16-33(6-9-48(42)97)58(73(108)94-62)91-74(109)59(36)90-72(107)47(24-55(84)99)89-75(61)110/h6-11,13-23,26,28,30-31,46-47,54,56,58-66,68-69,78,85,87,95-98,100-104H,12,24-25,27,29H2,1-5H3,(H2,84,99)(H,88,105)(H,89,110)(H,90,107)(H,91,109)(H,92,111)(H,93,106)(H,94,108)(H,112,113)/t31?,46-,47+,54-,56?,58-,59-,60-,61-,62+,63-,64-,65-,66+,68-,69-,78+,79+/m1/s1. The monoisotopic (exact) mass is 1730 g/mol. The van der Waals surface area contributed by atoms with Crippen molar-refractivity contribution in [1.29, 1.82) is 0 Å². The quantitative estimate of drug-likeness (QED) is 0.0579. The summed E-state index contributed by atoms with van der Waals surface area (Å²) in [5, 5.41) is 140. The number of carbonyl (C=O) groups is 9. The van der Waals surface area contributed by atoms with Gasteiger partial charge < -0.3 is 133 Å². The maximum atomic E-state index is 16.2. The number of benzene rings is 6. The van der Waals surface area contributed by atoms with Gasteiger partial charge >= 0.3 is 5.97 Å². The molecule has 8 amide bonds. The Hall–Kier alpha value is -10.8. The number of carboxylic acid groups (broad SMARTS) is 1. The molecule has 632 valence electrons. The Labute approximate surface area is 696 Å². The Balaban J connectivity index is 1.02. The van der Waals surface area contributed by atoms with Crippen molar-refractivity contribution in [2.75, 3.05) is 19.0 Å². The summed E-state index contributed by atoms with van der Waals surface area (Å²) in [5.41, 5.74) is 2.36. The molecule has 0 saturated carbocycles.